The predicted molar refractivity (Wildman–Crippen MR) is 88.9 cm³/mol. The smallest absolute Gasteiger partial charge is 0.328 e. The molecule has 0 radical (unpaired) electrons. The van der Waals surface area contributed by atoms with Gasteiger partial charge in [0.15, 0.2) is 5.78 Å². The van der Waals surface area contributed by atoms with E-state index in [2.05, 4.69) is 0 Å². The second-order valence-corrected chi connectivity index (χ2v) is 4.44. The molecule has 3 heteroatoms. The maximum absolute atomic E-state index is 12.0. The Kier molecular flexibility index (Phi) is 6.77. The Hall–Kier alpha value is -2.68. The van der Waals surface area contributed by atoms with Gasteiger partial charge in [-0.1, -0.05) is 68.4 Å². The van der Waals surface area contributed by atoms with Crippen molar-refractivity contribution in [2.24, 2.45) is 0 Å². The van der Waals surface area contributed by atoms with E-state index in [1.807, 2.05) is 56.3 Å². The van der Waals surface area contributed by atoms with Gasteiger partial charge in [0, 0.05) is 17.2 Å². The second kappa shape index (κ2) is 8.57. The van der Waals surface area contributed by atoms with E-state index in [0.717, 1.165) is 17.2 Å². The van der Waals surface area contributed by atoms with E-state index in [-0.39, 0.29) is 11.4 Å². The number of carboxylic acids is 1. The molecule has 0 aliphatic heterocycles. The molecule has 0 unspecified atom stereocenters. The molecule has 0 saturated heterocycles. The van der Waals surface area contributed by atoms with Crippen LogP contribution in [0.2, 0.25) is 0 Å². The van der Waals surface area contributed by atoms with Crippen LogP contribution in [0.4, 0.5) is 0 Å². The standard InChI is InChI=1S/C17H14O3.C2H6/c1-12(11-16(18)19)17(20)15-9-7-14(8-10-15)13-5-3-2-4-6-13;1-2/h2-11H,1H3,(H,18,19);1-2H3. The van der Waals surface area contributed by atoms with Gasteiger partial charge in [-0.2, -0.15) is 0 Å². The lowest BCUT2D eigenvalue weighted by molar-refractivity contribution is -0.131. The lowest BCUT2D eigenvalue weighted by Gasteiger charge is -2.04. The van der Waals surface area contributed by atoms with E-state index in [9.17, 15) is 9.59 Å². The van der Waals surface area contributed by atoms with E-state index in [1.165, 1.54) is 6.92 Å². The third-order valence-electron chi connectivity index (χ3n) is 2.95. The summed E-state index contributed by atoms with van der Waals surface area (Å²) in [5.74, 6) is -1.39. The summed E-state index contributed by atoms with van der Waals surface area (Å²) in [6.45, 7) is 5.50. The van der Waals surface area contributed by atoms with Crippen LogP contribution < -0.4 is 0 Å². The zero-order valence-corrected chi connectivity index (χ0v) is 13.0. The molecule has 22 heavy (non-hydrogen) atoms. The zero-order chi connectivity index (χ0) is 16.5. The van der Waals surface area contributed by atoms with Crippen LogP contribution in [-0.2, 0) is 4.79 Å². The van der Waals surface area contributed by atoms with Crippen molar-refractivity contribution in [1.82, 2.24) is 0 Å². The minimum Gasteiger partial charge on any atom is -0.478 e. The fourth-order valence-electron chi connectivity index (χ4n) is 1.92. The number of allylic oxidation sites excluding steroid dienone is 1. The SMILES string of the molecule is CC.CC(=CC(=O)O)C(=O)c1ccc(-c2ccccc2)cc1. The first-order valence-electron chi connectivity index (χ1n) is 7.19. The van der Waals surface area contributed by atoms with Crippen molar-refractivity contribution in [1.29, 1.82) is 0 Å². The Morgan fingerprint density at radius 3 is 1.86 bits per heavy atom. The van der Waals surface area contributed by atoms with Gasteiger partial charge in [0.2, 0.25) is 0 Å². The molecule has 2 aromatic rings. The number of ketones is 1. The molecule has 0 bridgehead atoms. The average Bonchev–Trinajstić information content (AvgIpc) is 2.56. The van der Waals surface area contributed by atoms with Gasteiger partial charge < -0.3 is 5.11 Å². The topological polar surface area (TPSA) is 54.4 Å². The summed E-state index contributed by atoms with van der Waals surface area (Å²) in [5.41, 5.74) is 2.79. The van der Waals surface area contributed by atoms with Crippen LogP contribution in [0.25, 0.3) is 11.1 Å². The van der Waals surface area contributed by atoms with Crippen LogP contribution in [0.1, 0.15) is 31.1 Å². The number of benzene rings is 2. The molecule has 0 aromatic heterocycles. The van der Waals surface area contributed by atoms with E-state index >= 15 is 0 Å². The van der Waals surface area contributed by atoms with Crippen molar-refractivity contribution in [3.63, 3.8) is 0 Å². The predicted octanol–water partition coefficient (Wildman–Crippen LogP) is 4.59. The normalized spacial score (nSPS) is 10.4. The molecule has 0 amide bonds. The number of carbonyl (C=O) groups is 2. The van der Waals surface area contributed by atoms with Gasteiger partial charge >= 0.3 is 5.97 Å². The summed E-state index contributed by atoms with van der Waals surface area (Å²) in [4.78, 5) is 22.6. The minimum absolute atomic E-state index is 0.213. The van der Waals surface area contributed by atoms with Crippen molar-refractivity contribution in [2.45, 2.75) is 20.8 Å². The maximum atomic E-state index is 12.0. The van der Waals surface area contributed by atoms with E-state index < -0.39 is 5.97 Å². The first kappa shape index (κ1) is 17.4. The molecule has 0 heterocycles. The molecule has 2 aromatic carbocycles. The highest BCUT2D eigenvalue weighted by Crippen LogP contribution is 2.20. The van der Waals surface area contributed by atoms with Crippen molar-refractivity contribution in [3.05, 3.63) is 71.8 Å². The monoisotopic (exact) mass is 296 g/mol. The second-order valence-electron chi connectivity index (χ2n) is 4.44. The minimum atomic E-state index is -1.11. The Morgan fingerprint density at radius 1 is 0.864 bits per heavy atom. The third kappa shape index (κ3) is 4.70. The summed E-state index contributed by atoms with van der Waals surface area (Å²) < 4.78 is 0. The van der Waals surface area contributed by atoms with Gasteiger partial charge in [-0.15, -0.1) is 0 Å². The number of hydrogen-bond acceptors (Lipinski definition) is 2. The molecule has 3 nitrogen and oxygen atoms in total. The van der Waals surface area contributed by atoms with E-state index in [0.29, 0.717) is 5.56 Å². The van der Waals surface area contributed by atoms with Crippen LogP contribution in [0.3, 0.4) is 0 Å². The highest BCUT2D eigenvalue weighted by molar-refractivity contribution is 6.10. The summed E-state index contributed by atoms with van der Waals surface area (Å²) in [7, 11) is 0. The summed E-state index contributed by atoms with van der Waals surface area (Å²) in [6, 6.07) is 17.0. The number of rotatable bonds is 4. The van der Waals surface area contributed by atoms with Gasteiger partial charge in [-0.05, 0) is 18.1 Å². The molecule has 114 valence electrons. The van der Waals surface area contributed by atoms with Crippen molar-refractivity contribution in [2.75, 3.05) is 0 Å². The van der Waals surface area contributed by atoms with E-state index in [1.54, 1.807) is 12.1 Å². The molecule has 2 rings (SSSR count). The van der Waals surface area contributed by atoms with Crippen LogP contribution in [0.15, 0.2) is 66.2 Å². The van der Waals surface area contributed by atoms with Gasteiger partial charge in [0.05, 0.1) is 0 Å². The summed E-state index contributed by atoms with van der Waals surface area (Å²) in [6.07, 6.45) is 0.924. The fraction of sp³-hybridized carbons (Fsp3) is 0.158. The van der Waals surface area contributed by atoms with Gasteiger partial charge in [-0.3, -0.25) is 4.79 Å². The first-order valence-corrected chi connectivity index (χ1v) is 7.19. The quantitative estimate of drug-likeness (QED) is 0.663. The number of carboxylic acid groups (broad SMARTS) is 1. The Bertz CT molecular complexity index is 653. The average molecular weight is 296 g/mol. The highest BCUT2D eigenvalue weighted by Gasteiger charge is 2.09. The molecule has 0 spiro atoms. The summed E-state index contributed by atoms with van der Waals surface area (Å²) in [5, 5.41) is 8.64. The number of Topliss-reactive ketones (excluding diaryl/α,β-unsaturated/α-hetero) is 1. The zero-order valence-electron chi connectivity index (χ0n) is 13.0. The van der Waals surface area contributed by atoms with Crippen LogP contribution >= 0.6 is 0 Å². The molecule has 0 fully saturated rings. The van der Waals surface area contributed by atoms with Crippen LogP contribution in [0.5, 0.6) is 0 Å². The van der Waals surface area contributed by atoms with Crippen LogP contribution in [0, 0.1) is 0 Å². The first-order chi connectivity index (χ1) is 10.6. The molecular formula is C19H20O3. The third-order valence-corrected chi connectivity index (χ3v) is 2.95. The Morgan fingerprint density at radius 2 is 1.36 bits per heavy atom. The molecule has 1 N–H and O–H groups in total. The van der Waals surface area contributed by atoms with Crippen molar-refractivity contribution >= 4 is 11.8 Å². The van der Waals surface area contributed by atoms with Crippen molar-refractivity contribution < 1.29 is 14.7 Å². The Labute approximate surface area is 130 Å². The van der Waals surface area contributed by atoms with Gasteiger partial charge in [0.25, 0.3) is 0 Å². The lowest BCUT2D eigenvalue weighted by Crippen LogP contribution is -2.03. The van der Waals surface area contributed by atoms with Gasteiger partial charge in [0.1, 0.15) is 0 Å². The lowest BCUT2D eigenvalue weighted by atomic mass is 10.00. The number of aliphatic carboxylic acids is 1. The molecule has 0 atom stereocenters. The number of hydrogen-bond donors (Lipinski definition) is 1. The molecular weight excluding hydrogens is 276 g/mol. The van der Waals surface area contributed by atoms with Crippen molar-refractivity contribution in [3.8, 4) is 11.1 Å². The molecule has 0 saturated carbocycles. The Balaban J connectivity index is 0.00000116. The maximum Gasteiger partial charge on any atom is 0.328 e. The number of carbonyl (C=O) groups excluding carboxylic acids is 1. The summed E-state index contributed by atoms with van der Waals surface area (Å²) >= 11 is 0. The van der Waals surface area contributed by atoms with Gasteiger partial charge in [-0.25, -0.2) is 4.79 Å². The fourth-order valence-corrected chi connectivity index (χ4v) is 1.92. The molecule has 0 aliphatic rings. The van der Waals surface area contributed by atoms with E-state index in [4.69, 9.17) is 5.11 Å². The highest BCUT2D eigenvalue weighted by atomic mass is 16.4. The van der Waals surface area contributed by atoms with Crippen LogP contribution in [-0.4, -0.2) is 16.9 Å². The largest absolute Gasteiger partial charge is 0.478 e. The molecule has 0 aliphatic carbocycles.